The summed E-state index contributed by atoms with van der Waals surface area (Å²) in [5, 5.41) is 9.95. The van der Waals surface area contributed by atoms with Gasteiger partial charge in [0.1, 0.15) is 5.75 Å². The molecule has 1 aromatic carbocycles. The Hall–Kier alpha value is -0.730. The van der Waals surface area contributed by atoms with E-state index in [0.29, 0.717) is 17.4 Å². The lowest BCUT2D eigenvalue weighted by Gasteiger charge is -2.10. The number of rotatable bonds is 6. The van der Waals surface area contributed by atoms with Gasteiger partial charge >= 0.3 is 0 Å². The molecule has 0 unspecified atom stereocenters. The van der Waals surface area contributed by atoms with Gasteiger partial charge in [0.15, 0.2) is 0 Å². The Morgan fingerprint density at radius 1 is 1.38 bits per heavy atom. The van der Waals surface area contributed by atoms with Gasteiger partial charge in [0.25, 0.3) is 0 Å². The summed E-state index contributed by atoms with van der Waals surface area (Å²) >= 11 is 6.05. The van der Waals surface area contributed by atoms with Gasteiger partial charge in [0.05, 0.1) is 17.7 Å². The molecule has 0 spiro atoms. The van der Waals surface area contributed by atoms with Crippen molar-refractivity contribution >= 4 is 11.6 Å². The Morgan fingerprint density at radius 2 is 2.12 bits per heavy atom. The van der Waals surface area contributed by atoms with Gasteiger partial charge in [-0.1, -0.05) is 37.4 Å². The summed E-state index contributed by atoms with van der Waals surface area (Å²) in [6.07, 6.45) is 2.90. The second kappa shape index (κ2) is 6.77. The van der Waals surface area contributed by atoms with E-state index in [4.69, 9.17) is 16.3 Å². The normalized spacial score (nSPS) is 12.5. The molecule has 0 saturated heterocycles. The fourth-order valence-corrected chi connectivity index (χ4v) is 1.67. The largest absolute Gasteiger partial charge is 0.492 e. The SMILES string of the molecule is CCCCCOc1ccc([C@H](C)O)cc1Cl. The Balaban J connectivity index is 2.54. The van der Waals surface area contributed by atoms with Crippen molar-refractivity contribution < 1.29 is 9.84 Å². The van der Waals surface area contributed by atoms with Crippen LogP contribution < -0.4 is 4.74 Å². The van der Waals surface area contributed by atoms with Crippen LogP contribution >= 0.6 is 11.6 Å². The van der Waals surface area contributed by atoms with Crippen molar-refractivity contribution in [1.82, 2.24) is 0 Å². The zero-order chi connectivity index (χ0) is 12.0. The lowest BCUT2D eigenvalue weighted by atomic mass is 10.1. The minimum atomic E-state index is -0.494. The van der Waals surface area contributed by atoms with Crippen LogP contribution in [0.15, 0.2) is 18.2 Å². The van der Waals surface area contributed by atoms with Crippen molar-refractivity contribution in [2.75, 3.05) is 6.61 Å². The molecule has 90 valence electrons. The Bertz CT molecular complexity index is 324. The molecule has 0 fully saturated rings. The molecule has 1 N–H and O–H groups in total. The molecule has 0 amide bonds. The average Bonchev–Trinajstić information content (AvgIpc) is 2.26. The van der Waals surface area contributed by atoms with E-state index in [1.807, 2.05) is 12.1 Å². The highest BCUT2D eigenvalue weighted by atomic mass is 35.5. The van der Waals surface area contributed by atoms with Crippen LogP contribution in [0.25, 0.3) is 0 Å². The fraction of sp³-hybridized carbons (Fsp3) is 0.538. The number of ether oxygens (including phenoxy) is 1. The Morgan fingerprint density at radius 3 is 2.69 bits per heavy atom. The molecule has 1 aromatic rings. The fourth-order valence-electron chi connectivity index (χ4n) is 1.43. The van der Waals surface area contributed by atoms with E-state index in [1.165, 1.54) is 12.8 Å². The topological polar surface area (TPSA) is 29.5 Å². The first-order valence-electron chi connectivity index (χ1n) is 5.75. The lowest BCUT2D eigenvalue weighted by Crippen LogP contribution is -1.98. The van der Waals surface area contributed by atoms with Gasteiger partial charge < -0.3 is 9.84 Å². The van der Waals surface area contributed by atoms with Crippen LogP contribution in [-0.4, -0.2) is 11.7 Å². The number of aliphatic hydroxyl groups excluding tert-OH is 1. The van der Waals surface area contributed by atoms with Crippen molar-refractivity contribution in [3.8, 4) is 5.75 Å². The van der Waals surface area contributed by atoms with Crippen LogP contribution in [0.3, 0.4) is 0 Å². The van der Waals surface area contributed by atoms with Crippen molar-refractivity contribution in [2.45, 2.75) is 39.2 Å². The molecule has 2 nitrogen and oxygen atoms in total. The van der Waals surface area contributed by atoms with Crippen LogP contribution in [0.1, 0.15) is 44.8 Å². The van der Waals surface area contributed by atoms with Gasteiger partial charge in [-0.25, -0.2) is 0 Å². The zero-order valence-electron chi connectivity index (χ0n) is 9.87. The van der Waals surface area contributed by atoms with Crippen LogP contribution in [0.2, 0.25) is 5.02 Å². The quantitative estimate of drug-likeness (QED) is 0.765. The van der Waals surface area contributed by atoms with E-state index in [1.54, 1.807) is 13.0 Å². The molecule has 16 heavy (non-hydrogen) atoms. The van der Waals surface area contributed by atoms with Crippen molar-refractivity contribution in [1.29, 1.82) is 0 Å². The van der Waals surface area contributed by atoms with E-state index < -0.39 is 6.10 Å². The highest BCUT2D eigenvalue weighted by molar-refractivity contribution is 6.32. The summed E-state index contributed by atoms with van der Waals surface area (Å²) in [5.41, 5.74) is 0.811. The van der Waals surface area contributed by atoms with Crippen LogP contribution in [0.5, 0.6) is 5.75 Å². The molecular weight excluding hydrogens is 224 g/mol. The van der Waals surface area contributed by atoms with E-state index in [0.717, 1.165) is 12.0 Å². The molecule has 3 heteroatoms. The Labute approximate surface area is 102 Å². The molecule has 0 aliphatic heterocycles. The minimum absolute atomic E-state index is 0.494. The molecule has 0 saturated carbocycles. The van der Waals surface area contributed by atoms with Crippen molar-refractivity contribution in [3.63, 3.8) is 0 Å². The van der Waals surface area contributed by atoms with Gasteiger partial charge in [0, 0.05) is 0 Å². The summed E-state index contributed by atoms with van der Waals surface area (Å²) in [4.78, 5) is 0. The van der Waals surface area contributed by atoms with Gasteiger partial charge in [-0.3, -0.25) is 0 Å². The summed E-state index contributed by atoms with van der Waals surface area (Å²) in [6.45, 7) is 4.57. The first-order chi connectivity index (χ1) is 7.65. The number of hydrogen-bond donors (Lipinski definition) is 1. The standard InChI is InChI=1S/C13H19ClO2/c1-3-4-5-8-16-13-7-6-11(10(2)15)9-12(13)14/h6-7,9-10,15H,3-5,8H2,1-2H3/t10-/m0/s1. The molecular formula is C13H19ClO2. The molecule has 0 radical (unpaired) electrons. The zero-order valence-corrected chi connectivity index (χ0v) is 10.6. The summed E-state index contributed by atoms with van der Waals surface area (Å²) < 4.78 is 5.56. The minimum Gasteiger partial charge on any atom is -0.492 e. The second-order valence-corrected chi connectivity index (χ2v) is 4.33. The number of halogens is 1. The third-order valence-electron chi connectivity index (χ3n) is 2.44. The monoisotopic (exact) mass is 242 g/mol. The molecule has 1 atom stereocenters. The lowest BCUT2D eigenvalue weighted by molar-refractivity contribution is 0.199. The van der Waals surface area contributed by atoms with Gasteiger partial charge in [0.2, 0.25) is 0 Å². The first-order valence-corrected chi connectivity index (χ1v) is 6.13. The molecule has 0 aromatic heterocycles. The highest BCUT2D eigenvalue weighted by Gasteiger charge is 2.06. The summed E-state index contributed by atoms with van der Waals surface area (Å²) in [5.74, 6) is 0.696. The van der Waals surface area contributed by atoms with Crippen molar-refractivity contribution in [2.24, 2.45) is 0 Å². The molecule has 0 aliphatic rings. The van der Waals surface area contributed by atoms with E-state index in [-0.39, 0.29) is 0 Å². The molecule has 1 rings (SSSR count). The smallest absolute Gasteiger partial charge is 0.137 e. The summed E-state index contributed by atoms with van der Waals surface area (Å²) in [7, 11) is 0. The van der Waals surface area contributed by atoms with Crippen LogP contribution in [0.4, 0.5) is 0 Å². The van der Waals surface area contributed by atoms with Gasteiger partial charge in [-0.05, 0) is 31.0 Å². The molecule has 0 bridgehead atoms. The average molecular weight is 243 g/mol. The first kappa shape index (κ1) is 13.3. The maximum Gasteiger partial charge on any atom is 0.137 e. The van der Waals surface area contributed by atoms with Crippen LogP contribution in [-0.2, 0) is 0 Å². The van der Waals surface area contributed by atoms with Gasteiger partial charge in [-0.2, -0.15) is 0 Å². The number of benzene rings is 1. The highest BCUT2D eigenvalue weighted by Crippen LogP contribution is 2.27. The third-order valence-corrected chi connectivity index (χ3v) is 2.74. The second-order valence-electron chi connectivity index (χ2n) is 3.92. The third kappa shape index (κ3) is 4.03. The predicted octanol–water partition coefficient (Wildman–Crippen LogP) is 3.96. The van der Waals surface area contributed by atoms with Crippen LogP contribution in [0, 0.1) is 0 Å². The Kier molecular flexibility index (Phi) is 5.64. The van der Waals surface area contributed by atoms with Crippen molar-refractivity contribution in [3.05, 3.63) is 28.8 Å². The number of unbranched alkanes of at least 4 members (excludes halogenated alkanes) is 2. The molecule has 0 aliphatic carbocycles. The molecule has 0 heterocycles. The predicted molar refractivity (Wildman–Crippen MR) is 67.1 cm³/mol. The van der Waals surface area contributed by atoms with E-state index in [2.05, 4.69) is 6.92 Å². The number of aliphatic hydroxyl groups is 1. The van der Waals surface area contributed by atoms with Gasteiger partial charge in [-0.15, -0.1) is 0 Å². The van der Waals surface area contributed by atoms with E-state index >= 15 is 0 Å². The maximum absolute atomic E-state index is 9.39. The summed E-state index contributed by atoms with van der Waals surface area (Å²) in [6, 6.07) is 5.41. The maximum atomic E-state index is 9.39. The number of hydrogen-bond acceptors (Lipinski definition) is 2. The van der Waals surface area contributed by atoms with E-state index in [9.17, 15) is 5.11 Å².